The molecule has 0 aliphatic rings. The Kier molecular flexibility index (Phi) is 2.44. The van der Waals surface area contributed by atoms with Gasteiger partial charge in [-0.3, -0.25) is 4.79 Å². The predicted molar refractivity (Wildman–Crippen MR) is 43.7 cm³/mol. The maximum atomic E-state index is 10.0. The third-order valence-electron chi connectivity index (χ3n) is 1.26. The average molecular weight is 171 g/mol. The molecule has 0 spiro atoms. The summed E-state index contributed by atoms with van der Waals surface area (Å²) in [4.78, 5) is 13.9. The number of hydrogen-bond donors (Lipinski definition) is 1. The van der Waals surface area contributed by atoms with Gasteiger partial charge in [0.05, 0.1) is 0 Å². The van der Waals surface area contributed by atoms with E-state index in [1.807, 2.05) is 6.92 Å². The Bertz CT molecular complexity index is 275. The molecule has 0 unspecified atom stereocenters. The van der Waals surface area contributed by atoms with Crippen molar-refractivity contribution in [1.29, 1.82) is 0 Å². The predicted octanol–water partition coefficient (Wildman–Crippen LogP) is 1.61. The van der Waals surface area contributed by atoms with Crippen molar-refractivity contribution in [1.82, 2.24) is 4.98 Å². The molecule has 0 fully saturated rings. The van der Waals surface area contributed by atoms with Crippen molar-refractivity contribution in [2.45, 2.75) is 6.92 Å². The van der Waals surface area contributed by atoms with Gasteiger partial charge < -0.3 is 5.32 Å². The molecule has 0 aromatic carbocycles. The van der Waals surface area contributed by atoms with Crippen LogP contribution in [0.4, 0.5) is 5.82 Å². The normalized spacial score (nSPS) is 9.27. The fraction of sp³-hybridized carbons (Fsp3) is 0.143. The third kappa shape index (κ3) is 1.91. The number of carbonyl (C=O) groups is 1. The van der Waals surface area contributed by atoms with E-state index in [0.29, 0.717) is 17.4 Å². The van der Waals surface area contributed by atoms with E-state index < -0.39 is 0 Å². The second kappa shape index (κ2) is 3.34. The summed E-state index contributed by atoms with van der Waals surface area (Å²) in [5.41, 5.74) is 0.890. The first kappa shape index (κ1) is 8.01. The summed E-state index contributed by atoms with van der Waals surface area (Å²) in [6.45, 7) is 1.84. The molecule has 0 saturated heterocycles. The van der Waals surface area contributed by atoms with Crippen molar-refractivity contribution in [3.8, 4) is 0 Å². The number of carbonyl (C=O) groups excluding carboxylic acids is 1. The van der Waals surface area contributed by atoms with Gasteiger partial charge in [0.25, 0.3) is 0 Å². The second-order valence-corrected chi connectivity index (χ2v) is 2.45. The van der Waals surface area contributed by atoms with Crippen molar-refractivity contribution in [2.75, 3.05) is 5.32 Å². The summed E-state index contributed by atoms with van der Waals surface area (Å²) >= 11 is 5.59. The van der Waals surface area contributed by atoms with E-state index in [1.165, 1.54) is 0 Å². The monoisotopic (exact) mass is 170 g/mol. The summed E-state index contributed by atoms with van der Waals surface area (Å²) in [6, 6.07) is 3.47. The van der Waals surface area contributed by atoms with Gasteiger partial charge in [-0.2, -0.15) is 0 Å². The Balaban J connectivity index is 3.01. The van der Waals surface area contributed by atoms with E-state index in [1.54, 1.807) is 12.1 Å². The van der Waals surface area contributed by atoms with Crippen molar-refractivity contribution < 1.29 is 4.79 Å². The summed E-state index contributed by atoms with van der Waals surface area (Å²) in [5.74, 6) is 0.507. The van der Waals surface area contributed by atoms with Crippen LogP contribution >= 0.6 is 11.6 Å². The van der Waals surface area contributed by atoms with E-state index in [0.717, 1.165) is 5.56 Å². The lowest BCUT2D eigenvalue weighted by atomic mass is 10.3. The Hall–Kier alpha value is -1.09. The molecule has 0 saturated carbocycles. The number of anilines is 1. The van der Waals surface area contributed by atoms with Gasteiger partial charge in [0.1, 0.15) is 11.0 Å². The first-order valence-electron chi connectivity index (χ1n) is 3.07. The molecule has 0 atom stereocenters. The molecule has 58 valence electrons. The lowest BCUT2D eigenvalue weighted by Gasteiger charge is -2.01. The molecule has 0 aliphatic heterocycles. The van der Waals surface area contributed by atoms with Crippen LogP contribution < -0.4 is 5.32 Å². The van der Waals surface area contributed by atoms with Crippen LogP contribution in [0, 0.1) is 6.92 Å². The Morgan fingerprint density at radius 3 is 3.00 bits per heavy atom. The van der Waals surface area contributed by atoms with Crippen LogP contribution in [0.1, 0.15) is 5.56 Å². The lowest BCUT2D eigenvalue weighted by molar-refractivity contribution is -0.105. The SMILES string of the molecule is Cc1ccc(Cl)nc1NC=O. The number of halogens is 1. The highest BCUT2D eigenvalue weighted by Crippen LogP contribution is 2.13. The molecule has 1 heterocycles. The number of pyridine rings is 1. The van der Waals surface area contributed by atoms with Crippen molar-refractivity contribution >= 4 is 23.8 Å². The fourth-order valence-corrected chi connectivity index (χ4v) is 0.854. The first-order chi connectivity index (χ1) is 5.24. The van der Waals surface area contributed by atoms with E-state index in [-0.39, 0.29) is 0 Å². The molecule has 0 aliphatic carbocycles. The summed E-state index contributed by atoms with van der Waals surface area (Å²) in [6.07, 6.45) is 0.575. The van der Waals surface area contributed by atoms with Gasteiger partial charge in [0, 0.05) is 0 Å². The molecule has 1 aromatic rings. The zero-order valence-electron chi connectivity index (χ0n) is 5.97. The zero-order valence-corrected chi connectivity index (χ0v) is 6.72. The summed E-state index contributed by atoms with van der Waals surface area (Å²) in [7, 11) is 0. The average Bonchev–Trinajstić information content (AvgIpc) is 1.98. The molecule has 3 nitrogen and oxygen atoms in total. The van der Waals surface area contributed by atoms with Gasteiger partial charge in [-0.15, -0.1) is 0 Å². The highest BCUT2D eigenvalue weighted by Gasteiger charge is 1.97. The number of nitrogens with zero attached hydrogens (tertiary/aromatic N) is 1. The molecule has 0 radical (unpaired) electrons. The van der Waals surface area contributed by atoms with Crippen molar-refractivity contribution in [3.05, 3.63) is 22.8 Å². The number of amides is 1. The van der Waals surface area contributed by atoms with Crippen LogP contribution in [0.5, 0.6) is 0 Å². The minimum atomic E-state index is 0.375. The molecule has 0 bridgehead atoms. The van der Waals surface area contributed by atoms with Crippen molar-refractivity contribution in [2.24, 2.45) is 0 Å². The van der Waals surface area contributed by atoms with E-state index in [2.05, 4.69) is 10.3 Å². The minimum Gasteiger partial charge on any atom is -0.313 e. The molecule has 1 amide bonds. The summed E-state index contributed by atoms with van der Waals surface area (Å²) in [5, 5.41) is 2.82. The molecule has 1 rings (SSSR count). The lowest BCUT2D eigenvalue weighted by Crippen LogP contribution is -1.98. The largest absolute Gasteiger partial charge is 0.313 e. The fourth-order valence-electron chi connectivity index (χ4n) is 0.707. The van der Waals surface area contributed by atoms with Crippen LogP contribution in [0.25, 0.3) is 0 Å². The van der Waals surface area contributed by atoms with Crippen LogP contribution in [0.3, 0.4) is 0 Å². The van der Waals surface area contributed by atoms with Crippen LogP contribution in [-0.4, -0.2) is 11.4 Å². The van der Waals surface area contributed by atoms with Crippen LogP contribution in [0.2, 0.25) is 5.15 Å². The topological polar surface area (TPSA) is 42.0 Å². The maximum Gasteiger partial charge on any atom is 0.212 e. The van der Waals surface area contributed by atoms with Gasteiger partial charge in [-0.1, -0.05) is 17.7 Å². The van der Waals surface area contributed by atoms with Gasteiger partial charge >= 0.3 is 0 Å². The van der Waals surface area contributed by atoms with Gasteiger partial charge in [-0.25, -0.2) is 4.98 Å². The number of aryl methyl sites for hydroxylation is 1. The highest BCUT2D eigenvalue weighted by atomic mass is 35.5. The molecule has 1 aromatic heterocycles. The van der Waals surface area contributed by atoms with Crippen LogP contribution in [0.15, 0.2) is 12.1 Å². The molecule has 1 N–H and O–H groups in total. The van der Waals surface area contributed by atoms with E-state index >= 15 is 0 Å². The van der Waals surface area contributed by atoms with Gasteiger partial charge in [0.15, 0.2) is 0 Å². The van der Waals surface area contributed by atoms with E-state index in [9.17, 15) is 4.79 Å². The van der Waals surface area contributed by atoms with Gasteiger partial charge in [-0.05, 0) is 18.6 Å². The van der Waals surface area contributed by atoms with Crippen molar-refractivity contribution in [3.63, 3.8) is 0 Å². The quantitative estimate of drug-likeness (QED) is 0.541. The van der Waals surface area contributed by atoms with Gasteiger partial charge in [0.2, 0.25) is 6.41 Å². The standard InChI is InChI=1S/C7H7ClN2O/c1-5-2-3-6(8)10-7(5)9-4-11/h2-4H,1H3,(H,9,10,11). The van der Waals surface area contributed by atoms with Crippen LogP contribution in [-0.2, 0) is 4.79 Å². The molecular formula is C7H7ClN2O. The molecule has 11 heavy (non-hydrogen) atoms. The first-order valence-corrected chi connectivity index (χ1v) is 3.45. The smallest absolute Gasteiger partial charge is 0.212 e. The third-order valence-corrected chi connectivity index (χ3v) is 1.47. The highest BCUT2D eigenvalue weighted by molar-refractivity contribution is 6.29. The Morgan fingerprint density at radius 1 is 1.64 bits per heavy atom. The van der Waals surface area contributed by atoms with E-state index in [4.69, 9.17) is 11.6 Å². The molecule has 4 heteroatoms. The number of aromatic nitrogens is 1. The summed E-state index contributed by atoms with van der Waals surface area (Å²) < 4.78 is 0. The molecular weight excluding hydrogens is 164 g/mol. The minimum absolute atomic E-state index is 0.375. The number of hydrogen-bond acceptors (Lipinski definition) is 2. The number of nitrogens with one attached hydrogen (secondary N) is 1. The second-order valence-electron chi connectivity index (χ2n) is 2.06. The zero-order chi connectivity index (χ0) is 8.27. The number of rotatable bonds is 2. The maximum absolute atomic E-state index is 10.0. The Labute approximate surface area is 69.4 Å². The Morgan fingerprint density at radius 2 is 2.36 bits per heavy atom.